The third-order valence-electron chi connectivity index (χ3n) is 4.97. The second-order valence-corrected chi connectivity index (χ2v) is 7.10. The van der Waals surface area contributed by atoms with E-state index in [-0.39, 0.29) is 0 Å². The molecule has 24 heavy (non-hydrogen) atoms. The van der Waals surface area contributed by atoms with E-state index in [1.54, 1.807) is 7.11 Å². The first-order chi connectivity index (χ1) is 11.7. The summed E-state index contributed by atoms with van der Waals surface area (Å²) < 4.78 is 5.29. The molecular formula is C17H30N6O. The molecule has 7 nitrogen and oxygen atoms in total. The molecule has 2 heterocycles. The average Bonchev–Trinajstić information content (AvgIpc) is 3.41. The quantitative estimate of drug-likeness (QED) is 0.818. The van der Waals surface area contributed by atoms with Gasteiger partial charge in [0, 0.05) is 25.7 Å². The summed E-state index contributed by atoms with van der Waals surface area (Å²) in [4.78, 5) is 18.0. The van der Waals surface area contributed by atoms with Gasteiger partial charge in [0.15, 0.2) is 0 Å². The molecule has 1 aromatic heterocycles. The van der Waals surface area contributed by atoms with Gasteiger partial charge >= 0.3 is 6.01 Å². The number of likely N-dealkylation sites (N-methyl/N-ethyl adjacent to an activating group) is 1. The second kappa shape index (κ2) is 7.96. The van der Waals surface area contributed by atoms with Crippen molar-refractivity contribution in [1.82, 2.24) is 19.9 Å². The highest BCUT2D eigenvalue weighted by molar-refractivity contribution is 5.38. The zero-order valence-corrected chi connectivity index (χ0v) is 15.2. The molecule has 1 saturated heterocycles. The predicted octanol–water partition coefficient (Wildman–Crippen LogP) is 2.01. The largest absolute Gasteiger partial charge is 0.467 e. The molecule has 0 bridgehead atoms. The Balaban J connectivity index is 1.70. The fraction of sp³-hybridized carbons (Fsp3) is 0.824. The maximum absolute atomic E-state index is 5.29. The first-order valence-electron chi connectivity index (χ1n) is 9.12. The van der Waals surface area contributed by atoms with Gasteiger partial charge in [0.1, 0.15) is 0 Å². The maximum atomic E-state index is 5.29. The minimum atomic E-state index is 0.388. The topological polar surface area (TPSA) is 66.4 Å². The van der Waals surface area contributed by atoms with Gasteiger partial charge in [0.25, 0.3) is 0 Å². The van der Waals surface area contributed by atoms with E-state index in [0.29, 0.717) is 18.0 Å². The lowest BCUT2D eigenvalue weighted by Gasteiger charge is -2.25. The Morgan fingerprint density at radius 1 is 1.12 bits per heavy atom. The molecule has 0 radical (unpaired) electrons. The van der Waals surface area contributed by atoms with Crippen LogP contribution < -0.4 is 15.0 Å². The third-order valence-corrected chi connectivity index (χ3v) is 4.97. The van der Waals surface area contributed by atoms with Crippen LogP contribution in [-0.2, 0) is 0 Å². The van der Waals surface area contributed by atoms with Crippen molar-refractivity contribution in [2.24, 2.45) is 5.92 Å². The molecule has 1 atom stereocenters. The van der Waals surface area contributed by atoms with Crippen molar-refractivity contribution < 1.29 is 4.74 Å². The molecule has 0 spiro atoms. The number of anilines is 2. The van der Waals surface area contributed by atoms with Gasteiger partial charge in [-0.2, -0.15) is 15.0 Å². The number of nitrogens with zero attached hydrogens (tertiary/aromatic N) is 5. The zero-order valence-electron chi connectivity index (χ0n) is 15.2. The molecule has 0 amide bonds. The second-order valence-electron chi connectivity index (χ2n) is 7.10. The van der Waals surface area contributed by atoms with Crippen molar-refractivity contribution in [2.45, 2.75) is 44.6 Å². The van der Waals surface area contributed by atoms with Crippen molar-refractivity contribution in [3.8, 4) is 6.01 Å². The molecule has 7 heteroatoms. The van der Waals surface area contributed by atoms with E-state index >= 15 is 0 Å². The van der Waals surface area contributed by atoms with E-state index in [2.05, 4.69) is 44.2 Å². The summed E-state index contributed by atoms with van der Waals surface area (Å²) in [5.41, 5.74) is 0. The van der Waals surface area contributed by atoms with Crippen molar-refractivity contribution in [3.05, 3.63) is 0 Å². The van der Waals surface area contributed by atoms with Crippen molar-refractivity contribution in [2.75, 3.05) is 51.1 Å². The minimum Gasteiger partial charge on any atom is -0.467 e. The predicted molar refractivity (Wildman–Crippen MR) is 95.7 cm³/mol. The highest BCUT2D eigenvalue weighted by Crippen LogP contribution is 2.34. The number of ether oxygens (including phenoxy) is 1. The molecule has 1 saturated carbocycles. The maximum Gasteiger partial charge on any atom is 0.322 e. The minimum absolute atomic E-state index is 0.388. The Morgan fingerprint density at radius 2 is 1.83 bits per heavy atom. The van der Waals surface area contributed by atoms with E-state index in [1.807, 2.05) is 0 Å². The first-order valence-corrected chi connectivity index (χ1v) is 9.12. The van der Waals surface area contributed by atoms with E-state index in [9.17, 15) is 0 Å². The van der Waals surface area contributed by atoms with E-state index in [0.717, 1.165) is 31.5 Å². The number of hydrogen-bond donors (Lipinski definition) is 1. The number of rotatable bonds is 7. The van der Waals surface area contributed by atoms with Crippen LogP contribution in [0, 0.1) is 5.92 Å². The van der Waals surface area contributed by atoms with Gasteiger partial charge in [0.2, 0.25) is 11.9 Å². The Kier molecular flexibility index (Phi) is 5.71. The highest BCUT2D eigenvalue weighted by Gasteiger charge is 2.32. The number of hydrogen-bond acceptors (Lipinski definition) is 7. The lowest BCUT2D eigenvalue weighted by molar-refractivity contribution is 0.276. The lowest BCUT2D eigenvalue weighted by Crippen LogP contribution is -2.36. The number of methoxy groups -OCH3 is 1. The summed E-state index contributed by atoms with van der Waals surface area (Å²) >= 11 is 0. The summed E-state index contributed by atoms with van der Waals surface area (Å²) in [5, 5.41) is 3.41. The van der Waals surface area contributed by atoms with Crippen molar-refractivity contribution >= 4 is 11.9 Å². The van der Waals surface area contributed by atoms with Crippen molar-refractivity contribution in [3.63, 3.8) is 0 Å². The average molecular weight is 334 g/mol. The Hall–Kier alpha value is -1.63. The first kappa shape index (κ1) is 17.2. The molecule has 0 aromatic carbocycles. The van der Waals surface area contributed by atoms with Crippen molar-refractivity contribution in [1.29, 1.82) is 0 Å². The van der Waals surface area contributed by atoms with Crippen LogP contribution in [0.1, 0.15) is 38.5 Å². The van der Waals surface area contributed by atoms with Gasteiger partial charge in [-0.25, -0.2) is 0 Å². The highest BCUT2D eigenvalue weighted by atomic mass is 16.5. The lowest BCUT2D eigenvalue weighted by atomic mass is 10.1. The van der Waals surface area contributed by atoms with Gasteiger partial charge in [-0.1, -0.05) is 12.8 Å². The van der Waals surface area contributed by atoms with Gasteiger partial charge in [-0.15, -0.1) is 0 Å². The molecule has 2 aliphatic rings. The van der Waals surface area contributed by atoms with Crippen LogP contribution in [0.2, 0.25) is 0 Å². The molecular weight excluding hydrogens is 304 g/mol. The fourth-order valence-corrected chi connectivity index (χ4v) is 3.38. The van der Waals surface area contributed by atoms with Crippen LogP contribution in [0.3, 0.4) is 0 Å². The SMILES string of the molecule is COc1nc(NCC(C2CC2)N(C)C)nc(N2CCCCCC2)n1. The van der Waals surface area contributed by atoms with Gasteiger partial charge in [0.05, 0.1) is 7.11 Å². The molecule has 1 aliphatic carbocycles. The van der Waals surface area contributed by atoms with E-state index in [4.69, 9.17) is 4.74 Å². The van der Waals surface area contributed by atoms with Crippen LogP contribution in [0.25, 0.3) is 0 Å². The van der Waals surface area contributed by atoms with Gasteiger partial charge < -0.3 is 19.9 Å². The number of aromatic nitrogens is 3. The molecule has 134 valence electrons. The molecule has 1 N–H and O–H groups in total. The monoisotopic (exact) mass is 334 g/mol. The Labute approximate surface area is 144 Å². The molecule has 2 fully saturated rings. The Morgan fingerprint density at radius 3 is 2.42 bits per heavy atom. The summed E-state index contributed by atoms with van der Waals surface area (Å²) in [6.45, 7) is 2.87. The summed E-state index contributed by atoms with van der Waals surface area (Å²) in [5.74, 6) is 2.15. The molecule has 3 rings (SSSR count). The summed E-state index contributed by atoms with van der Waals surface area (Å²) in [6, 6.07) is 0.911. The van der Waals surface area contributed by atoms with Gasteiger partial charge in [-0.05, 0) is 45.7 Å². The van der Waals surface area contributed by atoms with E-state index < -0.39 is 0 Å². The molecule has 1 aromatic rings. The van der Waals surface area contributed by atoms with Crippen LogP contribution in [0.15, 0.2) is 0 Å². The van der Waals surface area contributed by atoms with Crippen LogP contribution in [0.5, 0.6) is 6.01 Å². The standard InChI is InChI=1S/C17H30N6O/c1-22(2)14(13-8-9-13)12-18-15-19-16(21-17(20-15)24-3)23-10-6-4-5-7-11-23/h13-14H,4-12H2,1-3H3,(H,18,19,20,21). The summed E-state index contributed by atoms with van der Waals surface area (Å²) in [7, 11) is 5.89. The number of nitrogens with one attached hydrogen (secondary N) is 1. The third kappa shape index (κ3) is 4.47. The Bertz CT molecular complexity index is 524. The molecule has 1 unspecified atom stereocenters. The zero-order chi connectivity index (χ0) is 16.9. The van der Waals surface area contributed by atoms with Crippen LogP contribution in [-0.4, -0.2) is 66.7 Å². The van der Waals surface area contributed by atoms with Gasteiger partial charge in [-0.3, -0.25) is 0 Å². The smallest absolute Gasteiger partial charge is 0.322 e. The van der Waals surface area contributed by atoms with E-state index in [1.165, 1.54) is 38.5 Å². The van der Waals surface area contributed by atoms with Crippen LogP contribution >= 0.6 is 0 Å². The summed E-state index contributed by atoms with van der Waals surface area (Å²) in [6.07, 6.45) is 7.61. The normalized spacial score (nSPS) is 19.9. The molecule has 1 aliphatic heterocycles. The van der Waals surface area contributed by atoms with Crippen LogP contribution in [0.4, 0.5) is 11.9 Å². The fourth-order valence-electron chi connectivity index (χ4n) is 3.38.